The average molecular weight is 248 g/mol. The number of ether oxygens (including phenoxy) is 1. The number of carbonyl (C=O) groups excluding carboxylic acids is 1. The zero-order valence-corrected chi connectivity index (χ0v) is 9.89. The van der Waals surface area contributed by atoms with Crippen molar-refractivity contribution < 1.29 is 9.53 Å². The Kier molecular flexibility index (Phi) is 3.83. The summed E-state index contributed by atoms with van der Waals surface area (Å²) in [5.74, 6) is -0.136. The first-order valence-electron chi connectivity index (χ1n) is 4.34. The van der Waals surface area contributed by atoms with Gasteiger partial charge in [0, 0.05) is 5.02 Å². The van der Waals surface area contributed by atoms with Crippen molar-refractivity contribution in [1.29, 1.82) is 0 Å². The molecular weight excluding hydrogens is 237 g/mol. The molecule has 2 N–H and O–H groups in total. The van der Waals surface area contributed by atoms with Gasteiger partial charge < -0.3 is 10.5 Å². The quantitative estimate of drug-likeness (QED) is 0.893. The molecule has 1 aromatic rings. The van der Waals surface area contributed by atoms with Crippen LogP contribution in [0.4, 0.5) is 0 Å². The number of nitrogens with two attached hydrogens (primary N) is 1. The lowest BCUT2D eigenvalue weighted by molar-refractivity contribution is -0.123. The van der Waals surface area contributed by atoms with Gasteiger partial charge in [0.2, 0.25) is 0 Å². The molecule has 0 aliphatic heterocycles. The second kappa shape index (κ2) is 4.73. The Morgan fingerprint density at radius 2 is 2.07 bits per heavy atom. The van der Waals surface area contributed by atoms with Crippen LogP contribution >= 0.6 is 23.2 Å². The molecule has 5 heteroatoms. The van der Waals surface area contributed by atoms with E-state index >= 15 is 0 Å². The number of halogens is 2. The standard InChI is InChI=1S/C10H11Cl2NO2/c1-5-7(11)3-4-8(9(5)12)15-6(2)10(13)14/h3-4,6H,1-2H3,(H2,13,14). The van der Waals surface area contributed by atoms with Crippen molar-refractivity contribution in [1.82, 2.24) is 0 Å². The highest BCUT2D eigenvalue weighted by Crippen LogP contribution is 2.33. The Morgan fingerprint density at radius 3 is 2.60 bits per heavy atom. The minimum absolute atomic E-state index is 0.399. The normalized spacial score (nSPS) is 12.3. The van der Waals surface area contributed by atoms with Crippen LogP contribution in [-0.2, 0) is 4.79 Å². The van der Waals surface area contributed by atoms with Gasteiger partial charge in [0.15, 0.2) is 6.10 Å². The van der Waals surface area contributed by atoms with Gasteiger partial charge in [-0.25, -0.2) is 0 Å². The van der Waals surface area contributed by atoms with E-state index in [9.17, 15) is 4.79 Å². The topological polar surface area (TPSA) is 52.3 Å². The molecule has 0 saturated carbocycles. The second-order valence-corrected chi connectivity index (χ2v) is 3.93. The molecule has 3 nitrogen and oxygen atoms in total. The molecule has 82 valence electrons. The summed E-state index contributed by atoms with van der Waals surface area (Å²) in [6, 6.07) is 3.27. The molecule has 1 aromatic carbocycles. The van der Waals surface area contributed by atoms with Crippen LogP contribution in [0.2, 0.25) is 10.0 Å². The maximum atomic E-state index is 10.8. The predicted molar refractivity (Wildman–Crippen MR) is 60.5 cm³/mol. The van der Waals surface area contributed by atoms with Crippen LogP contribution in [0, 0.1) is 6.92 Å². The molecule has 0 aliphatic rings. The molecule has 1 amide bonds. The molecule has 1 unspecified atom stereocenters. The van der Waals surface area contributed by atoms with Gasteiger partial charge in [-0.3, -0.25) is 4.79 Å². The van der Waals surface area contributed by atoms with E-state index < -0.39 is 12.0 Å². The van der Waals surface area contributed by atoms with E-state index in [2.05, 4.69) is 0 Å². The lowest BCUT2D eigenvalue weighted by Gasteiger charge is -2.14. The summed E-state index contributed by atoms with van der Waals surface area (Å²) < 4.78 is 5.28. The zero-order valence-electron chi connectivity index (χ0n) is 8.38. The highest BCUT2D eigenvalue weighted by Gasteiger charge is 2.14. The maximum absolute atomic E-state index is 10.8. The van der Waals surface area contributed by atoms with Crippen molar-refractivity contribution in [3.63, 3.8) is 0 Å². The summed E-state index contributed by atoms with van der Waals surface area (Å²) in [6.07, 6.45) is -0.719. The summed E-state index contributed by atoms with van der Waals surface area (Å²) in [5.41, 5.74) is 5.78. The van der Waals surface area contributed by atoms with Crippen molar-refractivity contribution in [3.8, 4) is 5.75 Å². The van der Waals surface area contributed by atoms with Crippen LogP contribution in [0.1, 0.15) is 12.5 Å². The minimum atomic E-state index is -0.719. The number of carbonyl (C=O) groups is 1. The Hall–Kier alpha value is -0.930. The van der Waals surface area contributed by atoms with Gasteiger partial charge in [-0.05, 0) is 31.5 Å². The third-order valence-corrected chi connectivity index (χ3v) is 2.87. The third kappa shape index (κ3) is 2.76. The van der Waals surface area contributed by atoms with E-state index in [-0.39, 0.29) is 0 Å². The van der Waals surface area contributed by atoms with Gasteiger partial charge >= 0.3 is 0 Å². The average Bonchev–Trinajstić information content (AvgIpc) is 2.18. The molecule has 0 bridgehead atoms. The fourth-order valence-corrected chi connectivity index (χ4v) is 1.39. The fraction of sp³-hybridized carbons (Fsp3) is 0.300. The first-order chi connectivity index (χ1) is 6.93. The molecule has 0 heterocycles. The van der Waals surface area contributed by atoms with E-state index in [4.69, 9.17) is 33.7 Å². The number of rotatable bonds is 3. The SMILES string of the molecule is Cc1c(Cl)ccc(OC(C)C(N)=O)c1Cl. The van der Waals surface area contributed by atoms with Crippen molar-refractivity contribution in [3.05, 3.63) is 27.7 Å². The summed E-state index contributed by atoms with van der Waals surface area (Å²) >= 11 is 11.8. The Bertz CT molecular complexity index is 393. The van der Waals surface area contributed by atoms with Crippen LogP contribution in [-0.4, -0.2) is 12.0 Å². The fourth-order valence-electron chi connectivity index (χ4n) is 0.976. The van der Waals surface area contributed by atoms with Crippen molar-refractivity contribution in [2.75, 3.05) is 0 Å². The van der Waals surface area contributed by atoms with Gasteiger partial charge in [-0.2, -0.15) is 0 Å². The lowest BCUT2D eigenvalue weighted by atomic mass is 10.2. The molecule has 0 fully saturated rings. The highest BCUT2D eigenvalue weighted by atomic mass is 35.5. The van der Waals surface area contributed by atoms with Gasteiger partial charge in [-0.1, -0.05) is 23.2 Å². The molecule has 0 saturated heterocycles. The molecule has 0 aromatic heterocycles. The number of benzene rings is 1. The van der Waals surface area contributed by atoms with Crippen LogP contribution in [0.3, 0.4) is 0 Å². The maximum Gasteiger partial charge on any atom is 0.258 e. The van der Waals surface area contributed by atoms with E-state index in [1.807, 2.05) is 0 Å². The molecular formula is C10H11Cl2NO2. The van der Waals surface area contributed by atoms with E-state index in [1.165, 1.54) is 0 Å². The first kappa shape index (κ1) is 12.1. The Morgan fingerprint density at radius 1 is 1.47 bits per heavy atom. The molecule has 0 spiro atoms. The first-order valence-corrected chi connectivity index (χ1v) is 5.09. The molecule has 1 rings (SSSR count). The zero-order chi connectivity index (χ0) is 11.6. The largest absolute Gasteiger partial charge is 0.479 e. The monoisotopic (exact) mass is 247 g/mol. The summed E-state index contributed by atoms with van der Waals surface area (Å²) in [7, 11) is 0. The number of hydrogen-bond donors (Lipinski definition) is 1. The number of primary amides is 1. The van der Waals surface area contributed by atoms with E-state index in [0.717, 1.165) is 0 Å². The summed E-state index contributed by atoms with van der Waals surface area (Å²) in [4.78, 5) is 10.8. The number of amides is 1. The van der Waals surface area contributed by atoms with Gasteiger partial charge in [-0.15, -0.1) is 0 Å². The van der Waals surface area contributed by atoms with Crippen LogP contribution in [0.5, 0.6) is 5.75 Å². The Labute approximate surface area is 98.1 Å². The van der Waals surface area contributed by atoms with Crippen molar-refractivity contribution in [2.45, 2.75) is 20.0 Å². The van der Waals surface area contributed by atoms with E-state index in [1.54, 1.807) is 26.0 Å². The van der Waals surface area contributed by atoms with E-state index in [0.29, 0.717) is 21.4 Å². The second-order valence-electron chi connectivity index (χ2n) is 3.15. The van der Waals surface area contributed by atoms with Crippen LogP contribution in [0.15, 0.2) is 12.1 Å². The minimum Gasteiger partial charge on any atom is -0.479 e. The predicted octanol–water partition coefficient (Wildman–Crippen LogP) is 2.55. The number of hydrogen-bond acceptors (Lipinski definition) is 2. The third-order valence-electron chi connectivity index (χ3n) is 1.99. The molecule has 0 aliphatic carbocycles. The lowest BCUT2D eigenvalue weighted by Crippen LogP contribution is -2.30. The molecule has 0 radical (unpaired) electrons. The van der Waals surface area contributed by atoms with Gasteiger partial charge in [0.25, 0.3) is 5.91 Å². The van der Waals surface area contributed by atoms with Gasteiger partial charge in [0.05, 0.1) is 5.02 Å². The molecule has 1 atom stereocenters. The summed E-state index contributed by atoms with van der Waals surface area (Å²) in [6.45, 7) is 3.33. The molecule has 15 heavy (non-hydrogen) atoms. The highest BCUT2D eigenvalue weighted by molar-refractivity contribution is 6.36. The van der Waals surface area contributed by atoms with Gasteiger partial charge in [0.1, 0.15) is 5.75 Å². The van der Waals surface area contributed by atoms with Crippen LogP contribution in [0.25, 0.3) is 0 Å². The van der Waals surface area contributed by atoms with Crippen molar-refractivity contribution in [2.24, 2.45) is 5.73 Å². The van der Waals surface area contributed by atoms with Crippen molar-refractivity contribution >= 4 is 29.1 Å². The summed E-state index contributed by atoms with van der Waals surface area (Å²) in [5, 5.41) is 0.953. The smallest absolute Gasteiger partial charge is 0.258 e. The Balaban J connectivity index is 2.97. The van der Waals surface area contributed by atoms with Crippen LogP contribution < -0.4 is 10.5 Å².